The Balaban J connectivity index is 2.11. The molecule has 0 aliphatic carbocycles. The molecule has 2 aromatic heterocycles. The molecule has 0 saturated carbocycles. The molecule has 0 aliphatic rings. The molecule has 0 saturated heterocycles. The molecule has 0 amide bonds. The highest BCUT2D eigenvalue weighted by atomic mass is 79.9. The minimum atomic E-state index is 0.188. The van der Waals surface area contributed by atoms with E-state index in [-0.39, 0.29) is 5.95 Å². The summed E-state index contributed by atoms with van der Waals surface area (Å²) in [5.41, 5.74) is 5.76. The average molecular weight is 385 g/mol. The number of aromatic nitrogens is 2. The van der Waals surface area contributed by atoms with Gasteiger partial charge in [-0.1, -0.05) is 34.5 Å². The molecular weight excluding hydrogens is 374 g/mol. The number of nitrogens with zero attached hydrogens (tertiary/aromatic N) is 2. The zero-order valence-electron chi connectivity index (χ0n) is 11.1. The SMILES string of the molecule is CCc1cc2c(Oc3cc(Br)ccc3Cl)nc(N)nc2s1. The van der Waals surface area contributed by atoms with Crippen LogP contribution in [-0.2, 0) is 6.42 Å². The lowest BCUT2D eigenvalue weighted by Crippen LogP contribution is -1.97. The second kappa shape index (κ2) is 5.79. The summed E-state index contributed by atoms with van der Waals surface area (Å²) in [4.78, 5) is 10.5. The molecule has 0 fully saturated rings. The van der Waals surface area contributed by atoms with Crippen molar-refractivity contribution in [1.82, 2.24) is 9.97 Å². The molecule has 0 radical (unpaired) electrons. The molecule has 3 aromatic rings. The van der Waals surface area contributed by atoms with E-state index in [0.717, 1.165) is 21.1 Å². The van der Waals surface area contributed by atoms with Gasteiger partial charge in [0.1, 0.15) is 10.6 Å². The quantitative estimate of drug-likeness (QED) is 0.687. The molecule has 0 unspecified atom stereocenters. The number of hydrogen-bond acceptors (Lipinski definition) is 5. The van der Waals surface area contributed by atoms with Crippen molar-refractivity contribution in [2.45, 2.75) is 13.3 Å². The Hall–Kier alpha value is -1.37. The topological polar surface area (TPSA) is 61.0 Å². The number of hydrogen-bond donors (Lipinski definition) is 1. The third kappa shape index (κ3) is 2.97. The highest BCUT2D eigenvalue weighted by molar-refractivity contribution is 9.10. The lowest BCUT2D eigenvalue weighted by molar-refractivity contribution is 0.469. The van der Waals surface area contributed by atoms with Crippen LogP contribution < -0.4 is 10.5 Å². The fraction of sp³-hybridized carbons (Fsp3) is 0.143. The van der Waals surface area contributed by atoms with Gasteiger partial charge in [-0.15, -0.1) is 11.3 Å². The summed E-state index contributed by atoms with van der Waals surface area (Å²) in [6, 6.07) is 7.42. The van der Waals surface area contributed by atoms with Crippen LogP contribution in [0.5, 0.6) is 11.6 Å². The number of aryl methyl sites for hydroxylation is 1. The van der Waals surface area contributed by atoms with Crippen LogP contribution in [0.2, 0.25) is 5.02 Å². The predicted octanol–water partition coefficient (Wildman–Crippen LogP) is 5.04. The van der Waals surface area contributed by atoms with Gasteiger partial charge in [0.05, 0.1) is 10.4 Å². The van der Waals surface area contributed by atoms with Crippen molar-refractivity contribution in [1.29, 1.82) is 0 Å². The Kier molecular flexibility index (Phi) is 4.01. The van der Waals surface area contributed by atoms with Crippen LogP contribution in [0.1, 0.15) is 11.8 Å². The van der Waals surface area contributed by atoms with Crippen molar-refractivity contribution in [3.8, 4) is 11.6 Å². The smallest absolute Gasteiger partial charge is 0.232 e. The molecular formula is C14H11BrClN3OS. The number of nitrogens with two attached hydrogens (primary N) is 1. The second-order valence-corrected chi connectivity index (χ2v) is 6.79. The lowest BCUT2D eigenvalue weighted by Gasteiger charge is -2.08. The number of anilines is 1. The van der Waals surface area contributed by atoms with E-state index < -0.39 is 0 Å². The number of thiophene rings is 1. The van der Waals surface area contributed by atoms with E-state index in [9.17, 15) is 0 Å². The van der Waals surface area contributed by atoms with Crippen LogP contribution in [-0.4, -0.2) is 9.97 Å². The van der Waals surface area contributed by atoms with Crippen molar-refractivity contribution in [3.63, 3.8) is 0 Å². The Labute approximate surface area is 139 Å². The number of rotatable bonds is 3. The molecule has 0 spiro atoms. The normalized spacial score (nSPS) is 11.0. The zero-order valence-corrected chi connectivity index (χ0v) is 14.2. The molecule has 108 valence electrons. The summed E-state index contributed by atoms with van der Waals surface area (Å²) in [5, 5.41) is 1.36. The van der Waals surface area contributed by atoms with Crippen molar-refractivity contribution in [2.75, 3.05) is 5.73 Å². The predicted molar refractivity (Wildman–Crippen MR) is 90.4 cm³/mol. The van der Waals surface area contributed by atoms with Crippen LogP contribution in [0, 0.1) is 0 Å². The van der Waals surface area contributed by atoms with E-state index in [0.29, 0.717) is 16.7 Å². The number of fused-ring (bicyclic) bond motifs is 1. The van der Waals surface area contributed by atoms with Gasteiger partial charge in [-0.3, -0.25) is 0 Å². The van der Waals surface area contributed by atoms with Crippen molar-refractivity contribution >= 4 is 55.0 Å². The molecule has 7 heteroatoms. The number of ether oxygens (including phenoxy) is 1. The fourth-order valence-electron chi connectivity index (χ4n) is 1.87. The van der Waals surface area contributed by atoms with Gasteiger partial charge in [-0.25, -0.2) is 4.98 Å². The van der Waals surface area contributed by atoms with E-state index in [4.69, 9.17) is 22.1 Å². The zero-order chi connectivity index (χ0) is 15.0. The lowest BCUT2D eigenvalue weighted by atomic mass is 10.3. The van der Waals surface area contributed by atoms with Crippen molar-refractivity contribution in [2.24, 2.45) is 0 Å². The standard InChI is InChI=1S/C14H11BrClN3OS/c1-2-8-6-9-12(18-14(17)19-13(9)21-8)20-11-5-7(15)3-4-10(11)16/h3-6H,2H2,1H3,(H2,17,18,19). The van der Waals surface area contributed by atoms with Crippen molar-refractivity contribution < 1.29 is 4.74 Å². The van der Waals surface area contributed by atoms with Crippen LogP contribution in [0.4, 0.5) is 5.95 Å². The Morgan fingerprint density at radius 1 is 1.33 bits per heavy atom. The number of benzene rings is 1. The molecule has 2 N–H and O–H groups in total. The molecule has 2 heterocycles. The largest absolute Gasteiger partial charge is 0.437 e. The van der Waals surface area contributed by atoms with E-state index in [1.807, 2.05) is 12.1 Å². The van der Waals surface area contributed by atoms with Gasteiger partial charge < -0.3 is 10.5 Å². The van der Waals surface area contributed by atoms with Crippen LogP contribution in [0.3, 0.4) is 0 Å². The molecule has 21 heavy (non-hydrogen) atoms. The first-order valence-corrected chi connectivity index (χ1v) is 8.24. The van der Waals surface area contributed by atoms with E-state index in [1.54, 1.807) is 23.5 Å². The third-order valence-corrected chi connectivity index (χ3v) is 4.85. The molecule has 0 aliphatic heterocycles. The van der Waals surface area contributed by atoms with Gasteiger partial charge in [0, 0.05) is 9.35 Å². The minimum Gasteiger partial charge on any atom is -0.437 e. The van der Waals surface area contributed by atoms with Gasteiger partial charge in [-0.05, 0) is 30.7 Å². The first kappa shape index (κ1) is 14.6. The number of nitrogen functional groups attached to an aromatic ring is 1. The van der Waals surface area contributed by atoms with Gasteiger partial charge in [-0.2, -0.15) is 4.98 Å². The Bertz CT molecular complexity index is 821. The Morgan fingerprint density at radius 2 is 2.14 bits per heavy atom. The maximum Gasteiger partial charge on any atom is 0.232 e. The summed E-state index contributed by atoms with van der Waals surface area (Å²) in [6.45, 7) is 2.09. The fourth-order valence-corrected chi connectivity index (χ4v) is 3.33. The second-order valence-electron chi connectivity index (χ2n) is 4.35. The van der Waals surface area contributed by atoms with Gasteiger partial charge in [0.25, 0.3) is 0 Å². The highest BCUT2D eigenvalue weighted by Crippen LogP contribution is 2.36. The van der Waals surface area contributed by atoms with E-state index >= 15 is 0 Å². The first-order valence-electron chi connectivity index (χ1n) is 6.25. The van der Waals surface area contributed by atoms with Gasteiger partial charge in [0.2, 0.25) is 11.8 Å². The molecule has 1 aromatic carbocycles. The average Bonchev–Trinajstić information content (AvgIpc) is 2.86. The van der Waals surface area contributed by atoms with Gasteiger partial charge in [0.15, 0.2) is 0 Å². The molecule has 4 nitrogen and oxygen atoms in total. The maximum absolute atomic E-state index is 6.15. The van der Waals surface area contributed by atoms with E-state index in [2.05, 4.69) is 32.8 Å². The number of halogens is 2. The molecule has 0 bridgehead atoms. The summed E-state index contributed by atoms with van der Waals surface area (Å²) >= 11 is 11.1. The Morgan fingerprint density at radius 3 is 2.90 bits per heavy atom. The van der Waals surface area contributed by atoms with Crippen LogP contribution >= 0.6 is 38.9 Å². The van der Waals surface area contributed by atoms with E-state index in [1.165, 1.54) is 4.88 Å². The summed E-state index contributed by atoms with van der Waals surface area (Å²) in [6.07, 6.45) is 0.929. The summed E-state index contributed by atoms with van der Waals surface area (Å²) < 4.78 is 6.73. The molecule has 3 rings (SSSR count). The molecule has 0 atom stereocenters. The van der Waals surface area contributed by atoms with Gasteiger partial charge >= 0.3 is 0 Å². The first-order chi connectivity index (χ1) is 10.1. The summed E-state index contributed by atoms with van der Waals surface area (Å²) in [5.74, 6) is 1.14. The summed E-state index contributed by atoms with van der Waals surface area (Å²) in [7, 11) is 0. The van der Waals surface area contributed by atoms with Crippen LogP contribution in [0.15, 0.2) is 28.7 Å². The maximum atomic E-state index is 6.15. The van der Waals surface area contributed by atoms with Crippen molar-refractivity contribution in [3.05, 3.63) is 38.6 Å². The third-order valence-electron chi connectivity index (χ3n) is 2.87. The van der Waals surface area contributed by atoms with Crippen LogP contribution in [0.25, 0.3) is 10.2 Å². The highest BCUT2D eigenvalue weighted by Gasteiger charge is 2.13. The minimum absolute atomic E-state index is 0.188. The monoisotopic (exact) mass is 383 g/mol.